The van der Waals surface area contributed by atoms with Gasteiger partial charge in [-0.2, -0.15) is 0 Å². The monoisotopic (exact) mass is 252 g/mol. The first kappa shape index (κ1) is 12.8. The maximum Gasteiger partial charge on any atom is 0.256 e. The van der Waals surface area contributed by atoms with Crippen molar-refractivity contribution in [3.05, 3.63) is 29.6 Å². The molecular weight excluding hydrogens is 235 g/mol. The summed E-state index contributed by atoms with van der Waals surface area (Å²) in [6.07, 6.45) is 0.901. The molecule has 0 spiro atoms. The molecule has 1 unspecified atom stereocenters. The molecule has 1 aromatic rings. The van der Waals surface area contributed by atoms with E-state index >= 15 is 0 Å². The minimum Gasteiger partial charge on any atom is -0.508 e. The van der Waals surface area contributed by atoms with Gasteiger partial charge in [0.15, 0.2) is 0 Å². The molecular formula is C13H17FN2O2. The van der Waals surface area contributed by atoms with Gasteiger partial charge >= 0.3 is 0 Å². The van der Waals surface area contributed by atoms with Crippen LogP contribution in [0.1, 0.15) is 16.8 Å². The van der Waals surface area contributed by atoms with Gasteiger partial charge < -0.3 is 14.9 Å². The number of likely N-dealkylation sites (tertiary alicyclic amines) is 1. The number of likely N-dealkylation sites (N-methyl/N-ethyl adjacent to an activating group) is 1. The van der Waals surface area contributed by atoms with Gasteiger partial charge in [-0.3, -0.25) is 4.79 Å². The highest BCUT2D eigenvalue weighted by Crippen LogP contribution is 2.20. The summed E-state index contributed by atoms with van der Waals surface area (Å²) >= 11 is 0. The van der Waals surface area contributed by atoms with E-state index in [1.807, 2.05) is 14.1 Å². The van der Waals surface area contributed by atoms with Crippen LogP contribution in [-0.2, 0) is 0 Å². The lowest BCUT2D eigenvalue weighted by Gasteiger charge is -2.20. The van der Waals surface area contributed by atoms with Crippen LogP contribution in [0, 0.1) is 5.82 Å². The van der Waals surface area contributed by atoms with Gasteiger partial charge in [0.05, 0.1) is 5.56 Å². The average molecular weight is 252 g/mol. The zero-order valence-corrected chi connectivity index (χ0v) is 10.6. The SMILES string of the molecule is CN(C)C1CCN(C(=O)c2ccc(O)cc2F)C1. The number of phenolic OH excluding ortho intramolecular Hbond substituents is 1. The Morgan fingerprint density at radius 1 is 1.50 bits per heavy atom. The number of nitrogens with zero attached hydrogens (tertiary/aromatic N) is 2. The Kier molecular flexibility index (Phi) is 3.52. The molecule has 2 rings (SSSR count). The fourth-order valence-corrected chi connectivity index (χ4v) is 2.20. The Bertz CT molecular complexity index is 462. The van der Waals surface area contributed by atoms with E-state index in [9.17, 15) is 9.18 Å². The second-order valence-corrected chi connectivity index (χ2v) is 4.82. The molecule has 1 aromatic carbocycles. The smallest absolute Gasteiger partial charge is 0.256 e. The highest BCUT2D eigenvalue weighted by atomic mass is 19.1. The molecule has 1 N–H and O–H groups in total. The molecule has 98 valence electrons. The Hall–Kier alpha value is -1.62. The number of amides is 1. The quantitative estimate of drug-likeness (QED) is 0.863. The van der Waals surface area contributed by atoms with Gasteiger partial charge in [0.1, 0.15) is 11.6 Å². The summed E-state index contributed by atoms with van der Waals surface area (Å²) in [5.74, 6) is -1.15. The number of phenols is 1. The van der Waals surface area contributed by atoms with E-state index in [4.69, 9.17) is 5.11 Å². The summed E-state index contributed by atoms with van der Waals surface area (Å²) < 4.78 is 13.6. The van der Waals surface area contributed by atoms with Crippen LogP contribution in [-0.4, -0.2) is 54.0 Å². The Morgan fingerprint density at radius 3 is 2.78 bits per heavy atom. The largest absolute Gasteiger partial charge is 0.508 e. The molecule has 0 saturated carbocycles. The van der Waals surface area contributed by atoms with Gasteiger partial charge in [-0.1, -0.05) is 0 Å². The van der Waals surface area contributed by atoms with E-state index < -0.39 is 5.82 Å². The van der Waals surface area contributed by atoms with E-state index in [0.717, 1.165) is 12.5 Å². The zero-order chi connectivity index (χ0) is 13.3. The van der Waals surface area contributed by atoms with Gasteiger partial charge in [0.25, 0.3) is 5.91 Å². The molecule has 18 heavy (non-hydrogen) atoms. The average Bonchev–Trinajstić information content (AvgIpc) is 2.77. The maximum atomic E-state index is 13.6. The Labute approximate surface area is 106 Å². The van der Waals surface area contributed by atoms with Gasteiger partial charge in [0, 0.05) is 25.2 Å². The second-order valence-electron chi connectivity index (χ2n) is 4.82. The summed E-state index contributed by atoms with van der Waals surface area (Å²) in [6, 6.07) is 3.95. The van der Waals surface area contributed by atoms with Gasteiger partial charge in [-0.15, -0.1) is 0 Å². The van der Waals surface area contributed by atoms with Crippen LogP contribution in [0.5, 0.6) is 5.75 Å². The third-order valence-electron chi connectivity index (χ3n) is 3.36. The van der Waals surface area contributed by atoms with Crippen molar-refractivity contribution in [3.63, 3.8) is 0 Å². The predicted molar refractivity (Wildman–Crippen MR) is 66.1 cm³/mol. The van der Waals surface area contributed by atoms with Crippen molar-refractivity contribution in [2.75, 3.05) is 27.2 Å². The summed E-state index contributed by atoms with van der Waals surface area (Å²) in [4.78, 5) is 15.9. The van der Waals surface area contributed by atoms with E-state index in [1.54, 1.807) is 4.90 Å². The highest BCUT2D eigenvalue weighted by Gasteiger charge is 2.29. The first-order valence-electron chi connectivity index (χ1n) is 5.93. The fourth-order valence-electron chi connectivity index (χ4n) is 2.20. The standard InChI is InChI=1S/C13H17FN2O2/c1-15(2)9-5-6-16(8-9)13(18)11-4-3-10(17)7-12(11)14/h3-4,7,9,17H,5-6,8H2,1-2H3. The van der Waals surface area contributed by atoms with Crippen LogP contribution in [0.15, 0.2) is 18.2 Å². The topological polar surface area (TPSA) is 43.8 Å². The first-order valence-corrected chi connectivity index (χ1v) is 5.93. The van der Waals surface area contributed by atoms with Gasteiger partial charge in [-0.05, 0) is 32.6 Å². The number of halogens is 1. The molecule has 0 bridgehead atoms. The molecule has 0 aromatic heterocycles. The number of benzene rings is 1. The summed E-state index contributed by atoms with van der Waals surface area (Å²) in [5, 5.41) is 9.13. The van der Waals surface area contributed by atoms with Crippen molar-refractivity contribution < 1.29 is 14.3 Å². The van der Waals surface area contributed by atoms with Crippen molar-refractivity contribution in [3.8, 4) is 5.75 Å². The molecule has 0 aliphatic carbocycles. The number of aromatic hydroxyl groups is 1. The number of carbonyl (C=O) groups excluding carboxylic acids is 1. The minimum absolute atomic E-state index is 0.0206. The predicted octanol–water partition coefficient (Wildman–Crippen LogP) is 1.31. The fraction of sp³-hybridized carbons (Fsp3) is 0.462. The molecule has 1 aliphatic rings. The lowest BCUT2D eigenvalue weighted by atomic mass is 10.2. The van der Waals surface area contributed by atoms with Crippen LogP contribution in [0.4, 0.5) is 4.39 Å². The normalized spacial score (nSPS) is 19.6. The zero-order valence-electron chi connectivity index (χ0n) is 10.6. The van der Waals surface area contributed by atoms with Crippen molar-refractivity contribution in [2.45, 2.75) is 12.5 Å². The van der Waals surface area contributed by atoms with E-state index in [1.165, 1.54) is 12.1 Å². The molecule has 1 aliphatic heterocycles. The maximum absolute atomic E-state index is 13.6. The van der Waals surface area contributed by atoms with Gasteiger partial charge in [-0.25, -0.2) is 4.39 Å². The molecule has 0 radical (unpaired) electrons. The van der Waals surface area contributed by atoms with Crippen LogP contribution < -0.4 is 0 Å². The number of rotatable bonds is 2. The number of hydrogen-bond donors (Lipinski definition) is 1. The molecule has 1 atom stereocenters. The minimum atomic E-state index is -0.673. The molecule has 1 heterocycles. The van der Waals surface area contributed by atoms with E-state index in [0.29, 0.717) is 19.1 Å². The highest BCUT2D eigenvalue weighted by molar-refractivity contribution is 5.94. The Balaban J connectivity index is 2.13. The van der Waals surface area contributed by atoms with E-state index in [-0.39, 0.29) is 17.2 Å². The Morgan fingerprint density at radius 2 is 2.22 bits per heavy atom. The number of hydrogen-bond acceptors (Lipinski definition) is 3. The van der Waals surface area contributed by atoms with Crippen LogP contribution in [0.3, 0.4) is 0 Å². The third kappa shape index (κ3) is 2.46. The van der Waals surface area contributed by atoms with E-state index in [2.05, 4.69) is 4.90 Å². The third-order valence-corrected chi connectivity index (χ3v) is 3.36. The van der Waals surface area contributed by atoms with Crippen LogP contribution >= 0.6 is 0 Å². The summed E-state index contributed by atoms with van der Waals surface area (Å²) in [7, 11) is 3.94. The first-order chi connectivity index (χ1) is 8.49. The van der Waals surface area contributed by atoms with Crippen molar-refractivity contribution in [2.24, 2.45) is 0 Å². The molecule has 1 fully saturated rings. The molecule has 5 heteroatoms. The summed E-state index contributed by atoms with van der Waals surface area (Å²) in [5.41, 5.74) is 0.0206. The van der Waals surface area contributed by atoms with Gasteiger partial charge in [0.2, 0.25) is 0 Å². The molecule has 1 saturated heterocycles. The van der Waals surface area contributed by atoms with Crippen molar-refractivity contribution in [1.29, 1.82) is 0 Å². The van der Waals surface area contributed by atoms with Crippen LogP contribution in [0.2, 0.25) is 0 Å². The molecule has 4 nitrogen and oxygen atoms in total. The van der Waals surface area contributed by atoms with Crippen LogP contribution in [0.25, 0.3) is 0 Å². The lowest BCUT2D eigenvalue weighted by Crippen LogP contribution is -2.34. The number of carbonyl (C=O) groups is 1. The summed E-state index contributed by atoms with van der Waals surface area (Å²) in [6.45, 7) is 1.26. The molecule has 1 amide bonds. The second kappa shape index (κ2) is 4.94. The lowest BCUT2D eigenvalue weighted by molar-refractivity contribution is 0.0778. The van der Waals surface area contributed by atoms with Crippen molar-refractivity contribution >= 4 is 5.91 Å². The van der Waals surface area contributed by atoms with Crippen molar-refractivity contribution in [1.82, 2.24) is 9.80 Å².